The SMILES string of the molecule is CCCCCCNC(=O)C1CCCN(C(=O)CCc2ccc(OC)cc2)C1. The van der Waals surface area contributed by atoms with Crippen molar-refractivity contribution in [1.82, 2.24) is 10.2 Å². The average Bonchev–Trinajstić information content (AvgIpc) is 2.72. The molecule has 150 valence electrons. The van der Waals surface area contributed by atoms with Crippen LogP contribution in [0, 0.1) is 5.92 Å². The third-order valence-corrected chi connectivity index (χ3v) is 5.26. The number of carbonyl (C=O) groups excluding carboxylic acids is 2. The third kappa shape index (κ3) is 7.24. The first-order valence-corrected chi connectivity index (χ1v) is 10.3. The van der Waals surface area contributed by atoms with Gasteiger partial charge in [0.05, 0.1) is 13.0 Å². The number of hydrogen-bond donors (Lipinski definition) is 1. The Kier molecular flexibility index (Phi) is 9.16. The van der Waals surface area contributed by atoms with Gasteiger partial charge in [-0.25, -0.2) is 0 Å². The summed E-state index contributed by atoms with van der Waals surface area (Å²) in [5.41, 5.74) is 1.13. The highest BCUT2D eigenvalue weighted by molar-refractivity contribution is 5.81. The van der Waals surface area contributed by atoms with Gasteiger partial charge in [0.2, 0.25) is 11.8 Å². The summed E-state index contributed by atoms with van der Waals surface area (Å²) in [6.45, 7) is 4.26. The standard InChI is InChI=1S/C22H34N2O3/c1-3-4-5-6-15-23-22(26)19-8-7-16-24(17-19)21(25)14-11-18-9-12-20(27-2)13-10-18/h9-10,12-13,19H,3-8,11,14-17H2,1-2H3,(H,23,26). The van der Waals surface area contributed by atoms with Gasteiger partial charge in [0.1, 0.15) is 5.75 Å². The number of carbonyl (C=O) groups is 2. The Balaban J connectivity index is 1.73. The predicted molar refractivity (Wildman–Crippen MR) is 108 cm³/mol. The van der Waals surface area contributed by atoms with Crippen molar-refractivity contribution >= 4 is 11.8 Å². The Morgan fingerprint density at radius 2 is 1.96 bits per heavy atom. The van der Waals surface area contributed by atoms with Gasteiger partial charge in [-0.2, -0.15) is 0 Å². The third-order valence-electron chi connectivity index (χ3n) is 5.26. The van der Waals surface area contributed by atoms with E-state index in [1.165, 1.54) is 12.8 Å². The van der Waals surface area contributed by atoms with Gasteiger partial charge in [-0.05, 0) is 43.4 Å². The Labute approximate surface area is 163 Å². The molecule has 1 aromatic rings. The van der Waals surface area contributed by atoms with E-state index < -0.39 is 0 Å². The van der Waals surface area contributed by atoms with Gasteiger partial charge in [-0.1, -0.05) is 38.3 Å². The molecule has 0 saturated carbocycles. The van der Waals surface area contributed by atoms with Crippen LogP contribution in [0.15, 0.2) is 24.3 Å². The molecule has 0 aromatic heterocycles. The van der Waals surface area contributed by atoms with Crippen molar-refractivity contribution in [1.29, 1.82) is 0 Å². The Bertz CT molecular complexity index is 586. The molecule has 1 fully saturated rings. The van der Waals surface area contributed by atoms with Gasteiger partial charge in [0, 0.05) is 26.1 Å². The molecule has 5 heteroatoms. The van der Waals surface area contributed by atoms with Crippen LogP contribution in [0.3, 0.4) is 0 Å². The normalized spacial score (nSPS) is 16.8. The average molecular weight is 375 g/mol. The quantitative estimate of drug-likeness (QED) is 0.637. The maximum Gasteiger partial charge on any atom is 0.224 e. The topological polar surface area (TPSA) is 58.6 Å². The molecular weight excluding hydrogens is 340 g/mol. The first-order valence-electron chi connectivity index (χ1n) is 10.3. The van der Waals surface area contributed by atoms with Gasteiger partial charge < -0.3 is 15.0 Å². The number of amides is 2. The highest BCUT2D eigenvalue weighted by Crippen LogP contribution is 2.19. The van der Waals surface area contributed by atoms with Crippen LogP contribution in [-0.4, -0.2) is 43.5 Å². The van der Waals surface area contributed by atoms with Crippen molar-refractivity contribution in [3.63, 3.8) is 0 Å². The maximum atomic E-state index is 12.6. The summed E-state index contributed by atoms with van der Waals surface area (Å²) in [5, 5.41) is 3.05. The van der Waals surface area contributed by atoms with Crippen LogP contribution in [0.5, 0.6) is 5.75 Å². The molecular formula is C22H34N2O3. The van der Waals surface area contributed by atoms with E-state index in [4.69, 9.17) is 4.74 Å². The zero-order chi connectivity index (χ0) is 19.5. The van der Waals surface area contributed by atoms with Crippen LogP contribution in [0.25, 0.3) is 0 Å². The van der Waals surface area contributed by atoms with E-state index in [-0.39, 0.29) is 17.7 Å². The molecule has 2 amide bonds. The van der Waals surface area contributed by atoms with Gasteiger partial charge in [-0.15, -0.1) is 0 Å². The fraction of sp³-hybridized carbons (Fsp3) is 0.636. The lowest BCUT2D eigenvalue weighted by molar-refractivity contribution is -0.135. The van der Waals surface area contributed by atoms with Crippen LogP contribution < -0.4 is 10.1 Å². The lowest BCUT2D eigenvalue weighted by Crippen LogP contribution is -2.45. The number of nitrogens with one attached hydrogen (secondary N) is 1. The van der Waals surface area contributed by atoms with Gasteiger partial charge in [0.15, 0.2) is 0 Å². The van der Waals surface area contributed by atoms with Crippen LogP contribution in [0.4, 0.5) is 0 Å². The zero-order valence-electron chi connectivity index (χ0n) is 16.8. The fourth-order valence-corrected chi connectivity index (χ4v) is 3.53. The highest BCUT2D eigenvalue weighted by Gasteiger charge is 2.27. The van der Waals surface area contributed by atoms with E-state index in [2.05, 4.69) is 12.2 Å². The van der Waals surface area contributed by atoms with E-state index in [0.29, 0.717) is 19.4 Å². The molecule has 1 heterocycles. The number of hydrogen-bond acceptors (Lipinski definition) is 3. The number of unbranched alkanes of at least 4 members (excludes halogenated alkanes) is 3. The van der Waals surface area contributed by atoms with E-state index in [1.807, 2.05) is 29.2 Å². The molecule has 0 bridgehead atoms. The maximum absolute atomic E-state index is 12.6. The molecule has 1 saturated heterocycles. The number of ether oxygens (including phenoxy) is 1. The second-order valence-electron chi connectivity index (χ2n) is 7.38. The molecule has 1 unspecified atom stereocenters. The summed E-state index contributed by atoms with van der Waals surface area (Å²) < 4.78 is 5.16. The van der Waals surface area contributed by atoms with Crippen molar-refractivity contribution in [3.8, 4) is 5.75 Å². The number of benzene rings is 1. The minimum atomic E-state index is -0.0603. The van der Waals surface area contributed by atoms with Crippen molar-refractivity contribution < 1.29 is 14.3 Å². The monoisotopic (exact) mass is 374 g/mol. The number of piperidine rings is 1. The van der Waals surface area contributed by atoms with E-state index in [9.17, 15) is 9.59 Å². The van der Waals surface area contributed by atoms with Crippen LogP contribution in [0.2, 0.25) is 0 Å². The van der Waals surface area contributed by atoms with Crippen molar-refractivity contribution in [3.05, 3.63) is 29.8 Å². The molecule has 1 aliphatic rings. The van der Waals surface area contributed by atoms with Crippen LogP contribution >= 0.6 is 0 Å². The summed E-state index contributed by atoms with van der Waals surface area (Å²) in [6, 6.07) is 7.83. The lowest BCUT2D eigenvalue weighted by atomic mass is 9.96. The largest absolute Gasteiger partial charge is 0.497 e. The summed E-state index contributed by atoms with van der Waals surface area (Å²) in [7, 11) is 1.65. The molecule has 5 nitrogen and oxygen atoms in total. The summed E-state index contributed by atoms with van der Waals surface area (Å²) in [4.78, 5) is 26.8. The second-order valence-corrected chi connectivity index (χ2v) is 7.38. The number of aryl methyl sites for hydroxylation is 1. The summed E-state index contributed by atoms with van der Waals surface area (Å²) in [6.07, 6.45) is 7.60. The molecule has 27 heavy (non-hydrogen) atoms. The van der Waals surface area contributed by atoms with Crippen LogP contribution in [-0.2, 0) is 16.0 Å². The smallest absolute Gasteiger partial charge is 0.224 e. The Morgan fingerprint density at radius 3 is 2.67 bits per heavy atom. The second kappa shape index (κ2) is 11.6. The first kappa shape index (κ1) is 21.3. The van der Waals surface area contributed by atoms with E-state index in [0.717, 1.165) is 50.1 Å². The van der Waals surface area contributed by atoms with Gasteiger partial charge >= 0.3 is 0 Å². The van der Waals surface area contributed by atoms with Crippen molar-refractivity contribution in [2.24, 2.45) is 5.92 Å². The minimum Gasteiger partial charge on any atom is -0.497 e. The lowest BCUT2D eigenvalue weighted by Gasteiger charge is -2.32. The molecule has 0 radical (unpaired) electrons. The first-order chi connectivity index (χ1) is 13.1. The molecule has 1 aromatic carbocycles. The Morgan fingerprint density at radius 1 is 1.19 bits per heavy atom. The highest BCUT2D eigenvalue weighted by atomic mass is 16.5. The zero-order valence-corrected chi connectivity index (χ0v) is 16.8. The van der Waals surface area contributed by atoms with Crippen molar-refractivity contribution in [2.45, 2.75) is 58.3 Å². The molecule has 1 atom stereocenters. The molecule has 2 rings (SSSR count). The number of methoxy groups -OCH3 is 1. The van der Waals surface area contributed by atoms with Crippen molar-refractivity contribution in [2.75, 3.05) is 26.7 Å². The minimum absolute atomic E-state index is 0.0603. The van der Waals surface area contributed by atoms with Gasteiger partial charge in [0.25, 0.3) is 0 Å². The Hall–Kier alpha value is -2.04. The molecule has 0 spiro atoms. The number of likely N-dealkylation sites (tertiary alicyclic amines) is 1. The van der Waals surface area contributed by atoms with E-state index in [1.54, 1.807) is 7.11 Å². The number of rotatable bonds is 10. The van der Waals surface area contributed by atoms with Crippen LogP contribution in [0.1, 0.15) is 57.4 Å². The van der Waals surface area contributed by atoms with Gasteiger partial charge in [-0.3, -0.25) is 9.59 Å². The number of nitrogens with zero attached hydrogens (tertiary/aromatic N) is 1. The summed E-state index contributed by atoms with van der Waals surface area (Å²) >= 11 is 0. The predicted octanol–water partition coefficient (Wildman–Crippen LogP) is 3.56. The molecule has 1 N–H and O–H groups in total. The summed E-state index contributed by atoms with van der Waals surface area (Å²) in [5.74, 6) is 1.02. The fourth-order valence-electron chi connectivity index (χ4n) is 3.53. The molecule has 0 aliphatic carbocycles. The molecule has 1 aliphatic heterocycles. The van der Waals surface area contributed by atoms with E-state index >= 15 is 0 Å².